The quantitative estimate of drug-likeness (QED) is 0.653. The van der Waals surface area contributed by atoms with Gasteiger partial charge in [-0.25, -0.2) is 8.78 Å². The molecule has 0 amide bonds. The van der Waals surface area contributed by atoms with Gasteiger partial charge in [0.25, 0.3) is 6.43 Å². The van der Waals surface area contributed by atoms with E-state index in [1.807, 2.05) is 0 Å². The molecule has 0 unspecified atom stereocenters. The number of aryl methyl sites for hydroxylation is 1. The predicted octanol–water partition coefficient (Wildman–Crippen LogP) is 1.08. The van der Waals surface area contributed by atoms with Crippen LogP contribution in [0.1, 0.15) is 0 Å². The normalized spacial score (nSPS) is 10.9. The second kappa shape index (κ2) is 5.54. The van der Waals surface area contributed by atoms with Crippen LogP contribution in [0.5, 0.6) is 5.75 Å². The molecule has 1 heterocycles. The summed E-state index contributed by atoms with van der Waals surface area (Å²) in [5.41, 5.74) is 0. The van der Waals surface area contributed by atoms with Gasteiger partial charge in [-0.1, -0.05) is 0 Å². The second-order valence-electron chi connectivity index (χ2n) is 2.66. The van der Waals surface area contributed by atoms with Crippen LogP contribution >= 0.6 is 0 Å². The van der Waals surface area contributed by atoms with Gasteiger partial charge in [-0.2, -0.15) is 5.10 Å². The summed E-state index contributed by atoms with van der Waals surface area (Å²) in [6.45, 7) is -0.145. The summed E-state index contributed by atoms with van der Waals surface area (Å²) in [7, 11) is 1.76. The molecule has 0 radical (unpaired) electrons. The highest BCUT2D eigenvalue weighted by Crippen LogP contribution is 2.06. The summed E-state index contributed by atoms with van der Waals surface area (Å²) in [5, 5.41) is 3.87. The molecular weight excluding hydrogens is 194 g/mol. The first-order chi connectivity index (χ1) is 6.68. The van der Waals surface area contributed by atoms with Crippen molar-refractivity contribution in [3.8, 4) is 5.75 Å². The molecule has 0 aliphatic rings. The lowest BCUT2D eigenvalue weighted by molar-refractivity contribution is 0.00763. The Morgan fingerprint density at radius 1 is 1.50 bits per heavy atom. The van der Waals surface area contributed by atoms with Crippen LogP contribution < -0.4 is 4.74 Å². The first kappa shape index (κ1) is 10.9. The molecule has 4 nitrogen and oxygen atoms in total. The molecule has 0 spiro atoms. The van der Waals surface area contributed by atoms with E-state index in [0.717, 1.165) is 0 Å². The smallest absolute Gasteiger partial charge is 0.261 e. The molecule has 14 heavy (non-hydrogen) atoms. The topological polar surface area (TPSA) is 36.3 Å². The maximum atomic E-state index is 11.6. The van der Waals surface area contributed by atoms with Crippen LogP contribution in [-0.4, -0.2) is 36.0 Å². The van der Waals surface area contributed by atoms with E-state index in [0.29, 0.717) is 5.75 Å². The van der Waals surface area contributed by atoms with Crippen molar-refractivity contribution in [1.82, 2.24) is 9.78 Å². The molecule has 1 rings (SSSR count). The molecule has 0 atom stereocenters. The Morgan fingerprint density at radius 2 is 2.29 bits per heavy atom. The zero-order valence-corrected chi connectivity index (χ0v) is 7.82. The number of rotatable bonds is 6. The molecule has 0 saturated heterocycles. The van der Waals surface area contributed by atoms with Crippen LogP contribution in [0.3, 0.4) is 0 Å². The number of hydrogen-bond acceptors (Lipinski definition) is 3. The Hall–Kier alpha value is -1.17. The van der Waals surface area contributed by atoms with E-state index in [9.17, 15) is 8.78 Å². The van der Waals surface area contributed by atoms with E-state index >= 15 is 0 Å². The van der Waals surface area contributed by atoms with Gasteiger partial charge >= 0.3 is 0 Å². The van der Waals surface area contributed by atoms with Crippen LogP contribution in [0.15, 0.2) is 12.4 Å². The zero-order chi connectivity index (χ0) is 10.4. The minimum absolute atomic E-state index is 0.152. The second-order valence-corrected chi connectivity index (χ2v) is 2.66. The van der Waals surface area contributed by atoms with Crippen LogP contribution in [0.25, 0.3) is 0 Å². The summed E-state index contributed by atoms with van der Waals surface area (Å²) in [5.74, 6) is 0.605. The highest BCUT2D eigenvalue weighted by molar-refractivity contribution is 5.10. The van der Waals surface area contributed by atoms with Gasteiger partial charge < -0.3 is 9.47 Å². The van der Waals surface area contributed by atoms with Crippen molar-refractivity contribution in [1.29, 1.82) is 0 Å². The third-order valence-electron chi connectivity index (χ3n) is 1.42. The molecule has 0 fully saturated rings. The third kappa shape index (κ3) is 4.18. The SMILES string of the molecule is Cn1cc(OCCOCC(F)F)cn1. The van der Waals surface area contributed by atoms with Gasteiger partial charge in [-0.05, 0) is 0 Å². The average Bonchev–Trinajstić information content (AvgIpc) is 2.50. The first-order valence-electron chi connectivity index (χ1n) is 4.16. The lowest BCUT2D eigenvalue weighted by Gasteiger charge is -2.04. The minimum Gasteiger partial charge on any atom is -0.488 e. The molecule has 0 aliphatic carbocycles. The maximum Gasteiger partial charge on any atom is 0.261 e. The molecule has 0 aliphatic heterocycles. The van der Waals surface area contributed by atoms with Crippen molar-refractivity contribution >= 4 is 0 Å². The van der Waals surface area contributed by atoms with Crippen LogP contribution in [-0.2, 0) is 11.8 Å². The molecule has 0 bridgehead atoms. The number of hydrogen-bond donors (Lipinski definition) is 0. The first-order valence-corrected chi connectivity index (χ1v) is 4.16. The summed E-state index contributed by atoms with van der Waals surface area (Å²) in [6, 6.07) is 0. The Kier molecular flexibility index (Phi) is 4.31. The standard InChI is InChI=1S/C8H12F2N2O2/c1-12-5-7(4-11-12)14-3-2-13-6-8(9)10/h4-5,8H,2-3,6H2,1H3. The lowest BCUT2D eigenvalue weighted by Crippen LogP contribution is -2.11. The highest BCUT2D eigenvalue weighted by Gasteiger charge is 2.01. The fourth-order valence-corrected chi connectivity index (χ4v) is 0.864. The Morgan fingerprint density at radius 3 is 2.86 bits per heavy atom. The van der Waals surface area contributed by atoms with Gasteiger partial charge in [0.2, 0.25) is 0 Å². The van der Waals surface area contributed by atoms with Gasteiger partial charge in [-0.3, -0.25) is 4.68 Å². The highest BCUT2D eigenvalue weighted by atomic mass is 19.3. The molecular formula is C8H12F2N2O2. The summed E-state index contributed by atoms with van der Waals surface area (Å²) >= 11 is 0. The number of nitrogens with zero attached hydrogens (tertiary/aromatic N) is 2. The lowest BCUT2D eigenvalue weighted by atomic mass is 10.6. The van der Waals surface area contributed by atoms with E-state index in [2.05, 4.69) is 9.84 Å². The van der Waals surface area contributed by atoms with Crippen LogP contribution in [0.4, 0.5) is 8.78 Å². The maximum absolute atomic E-state index is 11.6. The third-order valence-corrected chi connectivity index (χ3v) is 1.42. The predicted molar refractivity (Wildman–Crippen MR) is 45.5 cm³/mol. The van der Waals surface area contributed by atoms with E-state index in [1.165, 1.54) is 0 Å². The van der Waals surface area contributed by atoms with Crippen molar-refractivity contribution in [2.45, 2.75) is 6.43 Å². The minimum atomic E-state index is -2.42. The van der Waals surface area contributed by atoms with Gasteiger partial charge in [-0.15, -0.1) is 0 Å². The van der Waals surface area contributed by atoms with Gasteiger partial charge in [0.1, 0.15) is 13.2 Å². The molecule has 0 N–H and O–H groups in total. The molecule has 6 heteroatoms. The monoisotopic (exact) mass is 206 g/mol. The average molecular weight is 206 g/mol. The summed E-state index contributed by atoms with van der Waals surface area (Å²) in [4.78, 5) is 0. The zero-order valence-electron chi connectivity index (χ0n) is 7.82. The van der Waals surface area contributed by atoms with Crippen molar-refractivity contribution in [2.24, 2.45) is 7.05 Å². The Labute approximate surface area is 80.4 Å². The van der Waals surface area contributed by atoms with Crippen LogP contribution in [0, 0.1) is 0 Å². The van der Waals surface area contributed by atoms with Crippen molar-refractivity contribution in [3.05, 3.63) is 12.4 Å². The van der Waals surface area contributed by atoms with E-state index in [4.69, 9.17) is 4.74 Å². The molecule has 1 aromatic rings. The van der Waals surface area contributed by atoms with Gasteiger partial charge in [0, 0.05) is 7.05 Å². The van der Waals surface area contributed by atoms with E-state index in [1.54, 1.807) is 24.1 Å². The number of aromatic nitrogens is 2. The molecule has 80 valence electrons. The molecule has 0 saturated carbocycles. The molecule has 1 aromatic heterocycles. The Balaban J connectivity index is 2.04. The van der Waals surface area contributed by atoms with E-state index < -0.39 is 13.0 Å². The van der Waals surface area contributed by atoms with E-state index in [-0.39, 0.29) is 13.2 Å². The largest absolute Gasteiger partial charge is 0.488 e. The van der Waals surface area contributed by atoms with Crippen molar-refractivity contribution in [3.63, 3.8) is 0 Å². The summed E-state index contributed by atoms with van der Waals surface area (Å²) < 4.78 is 34.6. The number of halogens is 2. The Bertz CT molecular complexity index is 266. The van der Waals surface area contributed by atoms with Crippen molar-refractivity contribution < 1.29 is 18.3 Å². The van der Waals surface area contributed by atoms with Crippen LogP contribution in [0.2, 0.25) is 0 Å². The fourth-order valence-electron chi connectivity index (χ4n) is 0.864. The number of ether oxygens (including phenoxy) is 2. The van der Waals surface area contributed by atoms with Gasteiger partial charge in [0.15, 0.2) is 5.75 Å². The van der Waals surface area contributed by atoms with Crippen molar-refractivity contribution in [2.75, 3.05) is 19.8 Å². The molecule has 0 aromatic carbocycles. The number of alkyl halides is 2. The fraction of sp³-hybridized carbons (Fsp3) is 0.625. The summed E-state index contributed by atoms with van der Waals surface area (Å²) in [6.07, 6.45) is 0.814. The van der Waals surface area contributed by atoms with Gasteiger partial charge in [0.05, 0.1) is 19.0 Å².